The average Bonchev–Trinajstić information content (AvgIpc) is 2.37. The Morgan fingerprint density at radius 2 is 2.06 bits per heavy atom. The molecule has 0 aliphatic heterocycles. The van der Waals surface area contributed by atoms with Crippen LogP contribution in [0.1, 0.15) is 25.5 Å². The summed E-state index contributed by atoms with van der Waals surface area (Å²) in [6.07, 6.45) is 1.75. The van der Waals surface area contributed by atoms with Crippen LogP contribution < -0.4 is 14.8 Å². The second-order valence-electron chi connectivity index (χ2n) is 3.97. The van der Waals surface area contributed by atoms with Gasteiger partial charge in [0.15, 0.2) is 0 Å². The zero-order chi connectivity index (χ0) is 12.8. The van der Waals surface area contributed by atoms with E-state index < -0.39 is 0 Å². The number of nitrogens with one attached hydrogen (secondary N) is 1. The van der Waals surface area contributed by atoms with Crippen LogP contribution in [0.15, 0.2) is 30.9 Å². The minimum absolute atomic E-state index is 0.0232. The number of hydrogen-bond donors (Lipinski definition) is 1. The molecular weight excluding hydrogens is 214 g/mol. The van der Waals surface area contributed by atoms with E-state index in [9.17, 15) is 0 Å². The summed E-state index contributed by atoms with van der Waals surface area (Å²) >= 11 is 0. The number of ether oxygens (including phenoxy) is 2. The molecule has 0 saturated carbocycles. The first kappa shape index (κ1) is 13.6. The standard InChI is InChI=1S/C14H21NO2/c1-6-10(2)17-14-9-12(16-5)7-8-13(14)11(3)15-4/h6-11,15H,1H2,2-5H3. The highest BCUT2D eigenvalue weighted by Gasteiger charge is 2.12. The van der Waals surface area contributed by atoms with Crippen LogP contribution in [0.25, 0.3) is 0 Å². The van der Waals surface area contributed by atoms with Crippen LogP contribution in [-0.2, 0) is 0 Å². The second kappa shape index (κ2) is 6.30. The van der Waals surface area contributed by atoms with Crippen molar-refractivity contribution in [1.82, 2.24) is 5.32 Å². The van der Waals surface area contributed by atoms with E-state index in [2.05, 4.69) is 18.8 Å². The molecule has 1 N–H and O–H groups in total. The van der Waals surface area contributed by atoms with Crippen molar-refractivity contribution in [2.45, 2.75) is 26.0 Å². The first-order chi connectivity index (χ1) is 8.12. The molecule has 2 atom stereocenters. The van der Waals surface area contributed by atoms with Crippen molar-refractivity contribution in [2.75, 3.05) is 14.2 Å². The summed E-state index contributed by atoms with van der Waals surface area (Å²) in [6.45, 7) is 7.77. The van der Waals surface area contributed by atoms with Gasteiger partial charge >= 0.3 is 0 Å². The third-order valence-corrected chi connectivity index (χ3v) is 2.77. The zero-order valence-electron chi connectivity index (χ0n) is 11.0. The zero-order valence-corrected chi connectivity index (χ0v) is 11.0. The number of benzene rings is 1. The fourth-order valence-corrected chi connectivity index (χ4v) is 1.51. The lowest BCUT2D eigenvalue weighted by Crippen LogP contribution is -2.16. The monoisotopic (exact) mass is 235 g/mol. The molecule has 1 rings (SSSR count). The highest BCUT2D eigenvalue weighted by atomic mass is 16.5. The molecular formula is C14H21NO2. The third-order valence-electron chi connectivity index (χ3n) is 2.77. The van der Waals surface area contributed by atoms with Gasteiger partial charge in [0.25, 0.3) is 0 Å². The molecule has 2 unspecified atom stereocenters. The van der Waals surface area contributed by atoms with E-state index in [1.54, 1.807) is 13.2 Å². The summed E-state index contributed by atoms with van der Waals surface area (Å²) in [5, 5.41) is 3.20. The highest BCUT2D eigenvalue weighted by Crippen LogP contribution is 2.30. The van der Waals surface area contributed by atoms with Crippen LogP contribution in [0.5, 0.6) is 11.5 Å². The maximum absolute atomic E-state index is 5.82. The van der Waals surface area contributed by atoms with E-state index in [-0.39, 0.29) is 12.1 Å². The van der Waals surface area contributed by atoms with Crippen molar-refractivity contribution in [3.05, 3.63) is 36.4 Å². The highest BCUT2D eigenvalue weighted by molar-refractivity contribution is 5.42. The van der Waals surface area contributed by atoms with E-state index in [1.807, 2.05) is 32.2 Å². The minimum Gasteiger partial charge on any atom is -0.497 e. The molecule has 0 radical (unpaired) electrons. The molecule has 0 fully saturated rings. The van der Waals surface area contributed by atoms with E-state index in [0.29, 0.717) is 0 Å². The maximum Gasteiger partial charge on any atom is 0.128 e. The van der Waals surface area contributed by atoms with E-state index in [4.69, 9.17) is 9.47 Å². The Bertz CT molecular complexity index is 376. The Kier molecular flexibility index (Phi) is 5.04. The predicted molar refractivity (Wildman–Crippen MR) is 70.8 cm³/mol. The smallest absolute Gasteiger partial charge is 0.128 e. The van der Waals surface area contributed by atoms with E-state index in [0.717, 1.165) is 17.1 Å². The Balaban J connectivity index is 3.06. The van der Waals surface area contributed by atoms with Crippen LogP contribution in [-0.4, -0.2) is 20.3 Å². The van der Waals surface area contributed by atoms with Crippen LogP contribution in [0.4, 0.5) is 0 Å². The summed E-state index contributed by atoms with van der Waals surface area (Å²) in [4.78, 5) is 0. The maximum atomic E-state index is 5.82. The normalized spacial score (nSPS) is 13.9. The topological polar surface area (TPSA) is 30.5 Å². The Labute approximate surface area is 103 Å². The van der Waals surface area contributed by atoms with Crippen molar-refractivity contribution < 1.29 is 9.47 Å². The van der Waals surface area contributed by atoms with Crippen molar-refractivity contribution in [2.24, 2.45) is 0 Å². The lowest BCUT2D eigenvalue weighted by Gasteiger charge is -2.19. The van der Waals surface area contributed by atoms with Crippen molar-refractivity contribution in [1.29, 1.82) is 0 Å². The van der Waals surface area contributed by atoms with Crippen LogP contribution in [0.3, 0.4) is 0 Å². The second-order valence-corrected chi connectivity index (χ2v) is 3.97. The van der Waals surface area contributed by atoms with Gasteiger partial charge in [0.1, 0.15) is 17.6 Å². The predicted octanol–water partition coefficient (Wildman–Crippen LogP) is 2.93. The first-order valence-corrected chi connectivity index (χ1v) is 5.76. The minimum atomic E-state index is -0.0232. The van der Waals surface area contributed by atoms with Gasteiger partial charge in [-0.05, 0) is 27.0 Å². The van der Waals surface area contributed by atoms with Gasteiger partial charge in [-0.15, -0.1) is 0 Å². The van der Waals surface area contributed by atoms with Crippen LogP contribution >= 0.6 is 0 Å². The van der Waals surface area contributed by atoms with Crippen molar-refractivity contribution in [3.63, 3.8) is 0 Å². The Hall–Kier alpha value is -1.48. The Morgan fingerprint density at radius 1 is 1.35 bits per heavy atom. The molecule has 0 aromatic heterocycles. The van der Waals surface area contributed by atoms with Crippen molar-refractivity contribution in [3.8, 4) is 11.5 Å². The van der Waals surface area contributed by atoms with Crippen LogP contribution in [0, 0.1) is 0 Å². The van der Waals surface area contributed by atoms with Gasteiger partial charge in [-0.25, -0.2) is 0 Å². The van der Waals surface area contributed by atoms with Gasteiger partial charge in [-0.1, -0.05) is 18.7 Å². The van der Waals surface area contributed by atoms with Crippen LogP contribution in [0.2, 0.25) is 0 Å². The summed E-state index contributed by atoms with van der Waals surface area (Å²) in [7, 11) is 3.58. The lowest BCUT2D eigenvalue weighted by atomic mass is 10.1. The fraction of sp³-hybridized carbons (Fsp3) is 0.429. The largest absolute Gasteiger partial charge is 0.497 e. The van der Waals surface area contributed by atoms with Crippen molar-refractivity contribution >= 4 is 0 Å². The summed E-state index contributed by atoms with van der Waals surface area (Å²) in [5.74, 6) is 1.63. The van der Waals surface area contributed by atoms with Gasteiger partial charge in [0, 0.05) is 17.7 Å². The molecule has 1 aromatic carbocycles. The number of rotatable bonds is 6. The SMILES string of the molecule is C=CC(C)Oc1cc(OC)ccc1C(C)NC. The lowest BCUT2D eigenvalue weighted by molar-refractivity contribution is 0.264. The van der Waals surface area contributed by atoms with Gasteiger partial charge in [0.2, 0.25) is 0 Å². The number of hydrogen-bond acceptors (Lipinski definition) is 3. The molecule has 3 nitrogen and oxygen atoms in total. The molecule has 1 aromatic rings. The Morgan fingerprint density at radius 3 is 2.59 bits per heavy atom. The molecule has 0 aliphatic carbocycles. The molecule has 0 spiro atoms. The molecule has 0 aliphatic rings. The molecule has 17 heavy (non-hydrogen) atoms. The number of methoxy groups -OCH3 is 1. The molecule has 0 saturated heterocycles. The first-order valence-electron chi connectivity index (χ1n) is 5.76. The summed E-state index contributed by atoms with van der Waals surface area (Å²) in [6, 6.07) is 6.09. The third kappa shape index (κ3) is 3.49. The summed E-state index contributed by atoms with van der Waals surface area (Å²) in [5.41, 5.74) is 1.11. The molecule has 0 amide bonds. The molecule has 0 heterocycles. The van der Waals surface area contributed by atoms with Gasteiger partial charge < -0.3 is 14.8 Å². The summed E-state index contributed by atoms with van der Waals surface area (Å²) < 4.78 is 11.0. The molecule has 0 bridgehead atoms. The van der Waals surface area contributed by atoms with E-state index >= 15 is 0 Å². The van der Waals surface area contributed by atoms with Gasteiger partial charge in [-0.3, -0.25) is 0 Å². The van der Waals surface area contributed by atoms with Gasteiger partial charge in [0.05, 0.1) is 7.11 Å². The fourth-order valence-electron chi connectivity index (χ4n) is 1.51. The molecule has 3 heteroatoms. The van der Waals surface area contributed by atoms with E-state index in [1.165, 1.54) is 0 Å². The quantitative estimate of drug-likeness (QED) is 0.769. The molecule has 94 valence electrons. The van der Waals surface area contributed by atoms with Gasteiger partial charge in [-0.2, -0.15) is 0 Å². The average molecular weight is 235 g/mol.